The molecule has 0 fully saturated rings. The fourth-order valence-electron chi connectivity index (χ4n) is 3.75. The Labute approximate surface area is 222 Å². The third-order valence-corrected chi connectivity index (χ3v) is 7.66. The molecule has 0 heterocycles. The first-order valence-electron chi connectivity index (χ1n) is 12.1. The van der Waals surface area contributed by atoms with Gasteiger partial charge < -0.3 is 10.2 Å². The zero-order valence-electron chi connectivity index (χ0n) is 21.2. The highest BCUT2D eigenvalue weighted by atomic mass is 32.2. The third kappa shape index (κ3) is 6.94. The lowest BCUT2D eigenvalue weighted by Crippen LogP contribution is -2.51. The Bertz CT molecular complexity index is 1350. The van der Waals surface area contributed by atoms with Crippen LogP contribution in [0.15, 0.2) is 89.8 Å². The number of hydrogen-bond donors (Lipinski definition) is 1. The van der Waals surface area contributed by atoms with Crippen LogP contribution < -0.4 is 9.62 Å². The highest BCUT2D eigenvalue weighted by molar-refractivity contribution is 7.92. The van der Waals surface area contributed by atoms with Crippen LogP contribution in [0.5, 0.6) is 0 Å². The number of carbonyl (C=O) groups excluding carboxylic acids is 2. The number of benzene rings is 3. The van der Waals surface area contributed by atoms with E-state index in [2.05, 4.69) is 5.32 Å². The molecule has 0 unspecified atom stereocenters. The molecule has 0 saturated heterocycles. The van der Waals surface area contributed by atoms with E-state index in [9.17, 15) is 28.1 Å². The molecule has 1 N–H and O–H groups in total. The number of hydrogen-bond acceptors (Lipinski definition) is 6. The molecule has 38 heavy (non-hydrogen) atoms. The van der Waals surface area contributed by atoms with E-state index in [1.54, 1.807) is 25.1 Å². The van der Waals surface area contributed by atoms with Crippen molar-refractivity contribution >= 4 is 33.2 Å². The summed E-state index contributed by atoms with van der Waals surface area (Å²) in [5.41, 5.74) is 0.628. The van der Waals surface area contributed by atoms with Crippen LogP contribution in [0.4, 0.5) is 11.4 Å². The van der Waals surface area contributed by atoms with Gasteiger partial charge >= 0.3 is 0 Å². The van der Waals surface area contributed by atoms with Crippen LogP contribution in [0, 0.1) is 10.1 Å². The number of nitrogens with one attached hydrogen (secondary N) is 1. The summed E-state index contributed by atoms with van der Waals surface area (Å²) in [6.45, 7) is 3.41. The van der Waals surface area contributed by atoms with Gasteiger partial charge in [0.15, 0.2) is 0 Å². The fraction of sp³-hybridized carbons (Fsp3) is 0.259. The molecule has 0 bridgehead atoms. The Morgan fingerprint density at radius 2 is 1.53 bits per heavy atom. The Hall–Kier alpha value is -4.25. The lowest BCUT2D eigenvalue weighted by atomic mass is 10.1. The summed E-state index contributed by atoms with van der Waals surface area (Å²) in [6.07, 6.45) is 0.717. The van der Waals surface area contributed by atoms with Crippen molar-refractivity contribution in [2.75, 3.05) is 17.4 Å². The van der Waals surface area contributed by atoms with E-state index in [1.165, 1.54) is 41.3 Å². The zero-order valence-corrected chi connectivity index (χ0v) is 22.0. The van der Waals surface area contributed by atoms with Crippen molar-refractivity contribution in [1.82, 2.24) is 10.2 Å². The van der Waals surface area contributed by atoms with Gasteiger partial charge in [0.05, 0.1) is 15.5 Å². The minimum Gasteiger partial charge on any atom is -0.354 e. The number of amides is 2. The van der Waals surface area contributed by atoms with Gasteiger partial charge in [0.2, 0.25) is 11.8 Å². The van der Waals surface area contributed by atoms with Crippen molar-refractivity contribution in [2.45, 2.75) is 37.8 Å². The van der Waals surface area contributed by atoms with E-state index in [0.717, 1.165) is 9.87 Å². The normalized spacial score (nSPS) is 11.8. The molecule has 0 aromatic heterocycles. The van der Waals surface area contributed by atoms with Crippen molar-refractivity contribution in [3.05, 3.63) is 101 Å². The maximum atomic E-state index is 13.7. The number of carbonyl (C=O) groups is 2. The SMILES string of the molecule is CCCNC(=O)[C@H](C)N(Cc1ccccc1)C(=O)CN(c1ccc([N+](=O)[O-])cc1)S(=O)(=O)c1ccccc1. The molecule has 11 heteroatoms. The predicted octanol–water partition coefficient (Wildman–Crippen LogP) is 3.73. The number of nitro groups is 1. The molecule has 200 valence electrons. The highest BCUT2D eigenvalue weighted by Crippen LogP contribution is 2.26. The third-order valence-electron chi connectivity index (χ3n) is 5.87. The van der Waals surface area contributed by atoms with Crippen molar-refractivity contribution in [3.8, 4) is 0 Å². The van der Waals surface area contributed by atoms with Gasteiger partial charge in [-0.05, 0) is 43.2 Å². The Balaban J connectivity index is 2.01. The number of anilines is 1. The first-order chi connectivity index (χ1) is 18.1. The molecule has 0 aliphatic rings. The summed E-state index contributed by atoms with van der Waals surface area (Å²) in [6, 6.07) is 20.7. The Morgan fingerprint density at radius 1 is 0.947 bits per heavy atom. The van der Waals surface area contributed by atoms with Gasteiger partial charge in [-0.2, -0.15) is 0 Å². The number of sulfonamides is 1. The van der Waals surface area contributed by atoms with E-state index in [4.69, 9.17) is 0 Å². The highest BCUT2D eigenvalue weighted by Gasteiger charge is 2.32. The van der Waals surface area contributed by atoms with Gasteiger partial charge in [-0.15, -0.1) is 0 Å². The summed E-state index contributed by atoms with van der Waals surface area (Å²) in [7, 11) is -4.23. The van der Waals surface area contributed by atoms with Crippen molar-refractivity contribution in [3.63, 3.8) is 0 Å². The molecule has 0 aliphatic carbocycles. The second-order valence-corrected chi connectivity index (χ2v) is 10.4. The van der Waals surface area contributed by atoms with E-state index in [0.29, 0.717) is 13.0 Å². The molecular weight excluding hydrogens is 508 g/mol. The summed E-state index contributed by atoms with van der Waals surface area (Å²) in [5, 5.41) is 13.9. The van der Waals surface area contributed by atoms with Crippen molar-refractivity contribution in [1.29, 1.82) is 0 Å². The van der Waals surface area contributed by atoms with Gasteiger partial charge in [0.1, 0.15) is 12.6 Å². The van der Waals surface area contributed by atoms with Crippen LogP contribution >= 0.6 is 0 Å². The van der Waals surface area contributed by atoms with Crippen LogP contribution in [-0.2, 0) is 26.2 Å². The number of non-ortho nitro benzene ring substituents is 1. The van der Waals surface area contributed by atoms with Crippen LogP contribution in [-0.4, -0.2) is 49.2 Å². The Morgan fingerprint density at radius 3 is 2.08 bits per heavy atom. The summed E-state index contributed by atoms with van der Waals surface area (Å²) >= 11 is 0. The van der Waals surface area contributed by atoms with Crippen LogP contribution in [0.25, 0.3) is 0 Å². The summed E-state index contributed by atoms with van der Waals surface area (Å²) < 4.78 is 28.2. The summed E-state index contributed by atoms with van der Waals surface area (Å²) in [5.74, 6) is -0.963. The molecular formula is C27H30N4O6S. The van der Waals surface area contributed by atoms with E-state index >= 15 is 0 Å². The van der Waals surface area contributed by atoms with E-state index in [-0.39, 0.29) is 28.7 Å². The van der Waals surface area contributed by atoms with Gasteiger partial charge in [-0.1, -0.05) is 55.5 Å². The Kier molecular flexibility index (Phi) is 9.55. The van der Waals surface area contributed by atoms with Crippen LogP contribution in [0.3, 0.4) is 0 Å². The lowest BCUT2D eigenvalue weighted by Gasteiger charge is -2.32. The average Bonchev–Trinajstić information content (AvgIpc) is 2.93. The van der Waals surface area contributed by atoms with E-state index < -0.39 is 33.4 Å². The molecule has 1 atom stereocenters. The van der Waals surface area contributed by atoms with Gasteiger partial charge in [-0.3, -0.25) is 24.0 Å². The molecule has 3 aromatic rings. The maximum absolute atomic E-state index is 13.7. The maximum Gasteiger partial charge on any atom is 0.269 e. The molecule has 0 aliphatic heterocycles. The van der Waals surface area contributed by atoms with Gasteiger partial charge in [-0.25, -0.2) is 8.42 Å². The first kappa shape index (κ1) is 28.3. The number of nitrogens with zero attached hydrogens (tertiary/aromatic N) is 3. The van der Waals surface area contributed by atoms with E-state index in [1.807, 2.05) is 37.3 Å². The molecule has 0 radical (unpaired) electrons. The van der Waals surface area contributed by atoms with Gasteiger partial charge in [0.25, 0.3) is 15.7 Å². The van der Waals surface area contributed by atoms with Crippen molar-refractivity contribution in [2.24, 2.45) is 0 Å². The monoisotopic (exact) mass is 538 g/mol. The predicted molar refractivity (Wildman–Crippen MR) is 144 cm³/mol. The molecule has 0 saturated carbocycles. The quantitative estimate of drug-likeness (QED) is 0.276. The smallest absolute Gasteiger partial charge is 0.269 e. The molecule has 10 nitrogen and oxygen atoms in total. The largest absolute Gasteiger partial charge is 0.354 e. The lowest BCUT2D eigenvalue weighted by molar-refractivity contribution is -0.384. The standard InChI is InChI=1S/C27H30N4O6S/c1-3-18-28-27(33)21(2)29(19-22-10-6-4-7-11-22)26(32)20-30(23-14-16-24(17-15-23)31(34)35)38(36,37)25-12-8-5-9-13-25/h4-17,21H,3,18-20H2,1-2H3,(H,28,33)/t21-/m0/s1. The minimum atomic E-state index is -4.23. The topological polar surface area (TPSA) is 130 Å². The summed E-state index contributed by atoms with van der Waals surface area (Å²) in [4.78, 5) is 38.4. The second kappa shape index (κ2) is 12.8. The van der Waals surface area contributed by atoms with Crippen LogP contribution in [0.1, 0.15) is 25.8 Å². The fourth-order valence-corrected chi connectivity index (χ4v) is 5.18. The second-order valence-electron chi connectivity index (χ2n) is 8.57. The first-order valence-corrected chi connectivity index (χ1v) is 13.5. The number of nitro benzene ring substituents is 1. The van der Waals surface area contributed by atoms with Gasteiger partial charge in [0, 0.05) is 25.2 Å². The molecule has 3 rings (SSSR count). The number of rotatable bonds is 12. The minimum absolute atomic E-state index is 0.0468. The average molecular weight is 539 g/mol. The molecule has 3 aromatic carbocycles. The van der Waals surface area contributed by atoms with Crippen LogP contribution in [0.2, 0.25) is 0 Å². The zero-order chi connectivity index (χ0) is 27.7. The molecule has 0 spiro atoms. The molecule has 2 amide bonds. The van der Waals surface area contributed by atoms with Crippen molar-refractivity contribution < 1.29 is 22.9 Å².